The van der Waals surface area contributed by atoms with E-state index in [4.69, 9.17) is 14.7 Å². The third kappa shape index (κ3) is 2.15. The normalized spacial score (nSPS) is 9.89. The number of nitrogens with zero attached hydrogens (tertiary/aromatic N) is 2. The summed E-state index contributed by atoms with van der Waals surface area (Å²) < 4.78 is 10.6. The predicted molar refractivity (Wildman–Crippen MR) is 70.1 cm³/mol. The minimum Gasteiger partial charge on any atom is -0.496 e. The molecule has 0 unspecified atom stereocenters. The highest BCUT2D eigenvalue weighted by Crippen LogP contribution is 2.36. The third-order valence-electron chi connectivity index (χ3n) is 2.59. The average molecular weight is 260 g/mol. The van der Waals surface area contributed by atoms with Crippen LogP contribution in [0.2, 0.25) is 0 Å². The third-order valence-corrected chi connectivity index (χ3v) is 3.34. The van der Waals surface area contributed by atoms with Crippen molar-refractivity contribution in [1.29, 1.82) is 5.26 Å². The lowest BCUT2D eigenvalue weighted by Crippen LogP contribution is -1.93. The number of hydrogen-bond donors (Lipinski definition) is 0. The van der Waals surface area contributed by atoms with Crippen LogP contribution in [-0.4, -0.2) is 19.2 Å². The maximum atomic E-state index is 8.81. The van der Waals surface area contributed by atoms with Crippen molar-refractivity contribution in [2.45, 2.75) is 6.92 Å². The lowest BCUT2D eigenvalue weighted by Gasteiger charge is -2.11. The van der Waals surface area contributed by atoms with Gasteiger partial charge in [-0.1, -0.05) is 0 Å². The van der Waals surface area contributed by atoms with Gasteiger partial charge in [-0.15, -0.1) is 11.3 Å². The molecule has 2 aromatic rings. The Bertz CT molecular complexity index is 614. The Labute approximate surface area is 109 Å². The van der Waals surface area contributed by atoms with E-state index in [9.17, 15) is 0 Å². The highest BCUT2D eigenvalue weighted by Gasteiger charge is 2.13. The van der Waals surface area contributed by atoms with Crippen LogP contribution < -0.4 is 9.47 Å². The van der Waals surface area contributed by atoms with Gasteiger partial charge in [0.2, 0.25) is 0 Å². The molecule has 0 atom stereocenters. The first-order chi connectivity index (χ1) is 8.69. The van der Waals surface area contributed by atoms with Gasteiger partial charge < -0.3 is 9.47 Å². The Hall–Kier alpha value is -2.06. The van der Waals surface area contributed by atoms with Gasteiger partial charge in [0.25, 0.3) is 0 Å². The number of rotatable bonds is 3. The molecule has 0 radical (unpaired) electrons. The van der Waals surface area contributed by atoms with E-state index in [1.54, 1.807) is 14.2 Å². The Morgan fingerprint density at radius 1 is 1.22 bits per heavy atom. The van der Waals surface area contributed by atoms with Crippen molar-refractivity contribution in [2.24, 2.45) is 0 Å². The molecule has 0 amide bonds. The molecule has 92 valence electrons. The molecule has 0 aliphatic heterocycles. The lowest BCUT2D eigenvalue weighted by atomic mass is 10.1. The average Bonchev–Trinajstić information content (AvgIpc) is 2.87. The van der Waals surface area contributed by atoms with E-state index in [-0.39, 0.29) is 0 Å². The molecule has 0 saturated carbocycles. The van der Waals surface area contributed by atoms with Crippen LogP contribution in [0.15, 0.2) is 17.5 Å². The van der Waals surface area contributed by atoms with E-state index >= 15 is 0 Å². The van der Waals surface area contributed by atoms with Crippen molar-refractivity contribution in [1.82, 2.24) is 4.98 Å². The minimum absolute atomic E-state index is 0.437. The first-order valence-corrected chi connectivity index (χ1v) is 6.16. The number of thiazole rings is 1. The number of aryl methyl sites for hydroxylation is 1. The fraction of sp³-hybridized carbons (Fsp3) is 0.231. The fourth-order valence-corrected chi connectivity index (χ4v) is 2.31. The topological polar surface area (TPSA) is 55.1 Å². The molecular weight excluding hydrogens is 248 g/mol. The molecule has 0 fully saturated rings. The first kappa shape index (κ1) is 12.4. The second kappa shape index (κ2) is 5.07. The number of ether oxygens (including phenoxy) is 2. The van der Waals surface area contributed by atoms with Crippen LogP contribution in [-0.2, 0) is 0 Å². The summed E-state index contributed by atoms with van der Waals surface area (Å²) in [6.07, 6.45) is 0. The van der Waals surface area contributed by atoms with Crippen molar-refractivity contribution < 1.29 is 9.47 Å². The van der Waals surface area contributed by atoms with Gasteiger partial charge in [0.05, 0.1) is 19.9 Å². The van der Waals surface area contributed by atoms with E-state index < -0.39 is 0 Å². The minimum atomic E-state index is 0.437. The molecule has 5 heteroatoms. The van der Waals surface area contributed by atoms with Gasteiger partial charge in [0.1, 0.15) is 17.6 Å². The van der Waals surface area contributed by atoms with Crippen LogP contribution in [0.3, 0.4) is 0 Å². The summed E-state index contributed by atoms with van der Waals surface area (Å²) in [5.74, 6) is 1.50. The highest BCUT2D eigenvalue weighted by molar-refractivity contribution is 7.10. The van der Waals surface area contributed by atoms with Gasteiger partial charge in [-0.3, -0.25) is 0 Å². The van der Waals surface area contributed by atoms with Gasteiger partial charge in [0.15, 0.2) is 5.01 Å². The smallest absolute Gasteiger partial charge is 0.194 e. The molecule has 18 heavy (non-hydrogen) atoms. The monoisotopic (exact) mass is 260 g/mol. The molecule has 1 heterocycles. The Morgan fingerprint density at radius 3 is 2.50 bits per heavy atom. The number of hydrogen-bond acceptors (Lipinski definition) is 5. The fourth-order valence-electron chi connectivity index (χ4n) is 1.70. The molecule has 0 bridgehead atoms. The summed E-state index contributed by atoms with van der Waals surface area (Å²) in [4.78, 5) is 4.23. The van der Waals surface area contributed by atoms with Crippen molar-refractivity contribution in [2.75, 3.05) is 14.2 Å². The molecule has 1 aromatic carbocycles. The second-order valence-electron chi connectivity index (χ2n) is 3.67. The zero-order valence-corrected chi connectivity index (χ0v) is 11.2. The zero-order chi connectivity index (χ0) is 13.1. The largest absolute Gasteiger partial charge is 0.496 e. The van der Waals surface area contributed by atoms with Crippen molar-refractivity contribution in [3.63, 3.8) is 0 Å². The van der Waals surface area contributed by atoms with Crippen molar-refractivity contribution >= 4 is 11.3 Å². The second-order valence-corrected chi connectivity index (χ2v) is 4.53. The van der Waals surface area contributed by atoms with E-state index in [0.29, 0.717) is 5.01 Å². The summed E-state index contributed by atoms with van der Waals surface area (Å²) in [6.45, 7) is 1.95. The molecule has 0 N–H and O–H groups in total. The molecule has 0 aliphatic carbocycles. The maximum absolute atomic E-state index is 8.81. The standard InChI is InChI=1S/C13H12N2O2S/c1-8-4-12(17-3)9(5-11(8)16-2)10-7-18-13(6-14)15-10/h4-5,7H,1-3H3. The lowest BCUT2D eigenvalue weighted by molar-refractivity contribution is 0.401. The first-order valence-electron chi connectivity index (χ1n) is 5.28. The van der Waals surface area contributed by atoms with E-state index in [1.807, 2.05) is 30.5 Å². The van der Waals surface area contributed by atoms with Crippen LogP contribution in [0, 0.1) is 18.3 Å². The maximum Gasteiger partial charge on any atom is 0.194 e. The molecule has 0 saturated heterocycles. The van der Waals surface area contributed by atoms with Crippen LogP contribution in [0.4, 0.5) is 0 Å². The number of benzene rings is 1. The van der Waals surface area contributed by atoms with Gasteiger partial charge in [-0.2, -0.15) is 5.26 Å². The molecule has 1 aromatic heterocycles. The Morgan fingerprint density at radius 2 is 1.94 bits per heavy atom. The zero-order valence-electron chi connectivity index (χ0n) is 10.4. The number of nitriles is 1. The quantitative estimate of drug-likeness (QED) is 0.851. The Kier molecular flexibility index (Phi) is 3.49. The summed E-state index contributed by atoms with van der Waals surface area (Å²) in [6, 6.07) is 5.81. The molecule has 2 rings (SSSR count). The van der Waals surface area contributed by atoms with Crippen LogP contribution >= 0.6 is 11.3 Å². The summed E-state index contributed by atoms with van der Waals surface area (Å²) >= 11 is 1.31. The van der Waals surface area contributed by atoms with Gasteiger partial charge in [-0.25, -0.2) is 4.98 Å². The summed E-state index contributed by atoms with van der Waals surface area (Å²) in [7, 11) is 3.24. The SMILES string of the molecule is COc1cc(-c2csc(C#N)n2)c(OC)cc1C. The highest BCUT2D eigenvalue weighted by atomic mass is 32.1. The molecule has 0 spiro atoms. The van der Waals surface area contributed by atoms with Crippen molar-refractivity contribution in [3.05, 3.63) is 28.1 Å². The van der Waals surface area contributed by atoms with Crippen LogP contribution in [0.25, 0.3) is 11.3 Å². The van der Waals surface area contributed by atoms with E-state index in [1.165, 1.54) is 11.3 Å². The van der Waals surface area contributed by atoms with Gasteiger partial charge in [-0.05, 0) is 24.6 Å². The van der Waals surface area contributed by atoms with Gasteiger partial charge in [0, 0.05) is 10.9 Å². The van der Waals surface area contributed by atoms with Crippen LogP contribution in [0.5, 0.6) is 11.5 Å². The predicted octanol–water partition coefficient (Wildman–Crippen LogP) is 3.01. The molecule has 4 nitrogen and oxygen atoms in total. The van der Waals surface area contributed by atoms with Crippen molar-refractivity contribution in [3.8, 4) is 28.8 Å². The van der Waals surface area contributed by atoms with Crippen LogP contribution in [0.1, 0.15) is 10.6 Å². The number of aromatic nitrogens is 1. The Balaban J connectivity index is 2.58. The summed E-state index contributed by atoms with van der Waals surface area (Å²) in [5, 5.41) is 11.1. The number of methoxy groups -OCH3 is 2. The molecule has 0 aliphatic rings. The van der Waals surface area contributed by atoms with Gasteiger partial charge >= 0.3 is 0 Å². The summed E-state index contributed by atoms with van der Waals surface area (Å²) in [5.41, 5.74) is 2.55. The van der Waals surface area contributed by atoms with E-state index in [2.05, 4.69) is 4.98 Å². The molecular formula is C13H12N2O2S. The van der Waals surface area contributed by atoms with E-state index in [0.717, 1.165) is 28.3 Å².